The molecule has 2 aromatic rings. The summed E-state index contributed by atoms with van der Waals surface area (Å²) in [6.45, 7) is 5.30. The van der Waals surface area contributed by atoms with Crippen LogP contribution in [0, 0.1) is 11.7 Å². The number of hydrazone groups is 1. The zero-order valence-electron chi connectivity index (χ0n) is 19.6. The molecule has 3 heterocycles. The van der Waals surface area contributed by atoms with Gasteiger partial charge in [-0.05, 0) is 49.3 Å². The molecule has 186 valence electrons. The van der Waals surface area contributed by atoms with Crippen molar-refractivity contribution in [2.45, 2.75) is 31.7 Å². The molecule has 0 aromatic carbocycles. The number of thioether (sulfide) groups is 1. The fourth-order valence-electron chi connectivity index (χ4n) is 4.50. The number of anilines is 1. The first-order valence-electron chi connectivity index (χ1n) is 11.6. The molecule has 1 saturated carbocycles. The van der Waals surface area contributed by atoms with E-state index in [1.165, 1.54) is 28.6 Å². The molecule has 11 heteroatoms. The molecule has 0 spiro atoms. The summed E-state index contributed by atoms with van der Waals surface area (Å²) in [7, 11) is 1.63. The average Bonchev–Trinajstić information content (AvgIpc) is 2.85. The van der Waals surface area contributed by atoms with E-state index in [9.17, 15) is 14.0 Å². The maximum absolute atomic E-state index is 14.6. The lowest BCUT2D eigenvalue weighted by molar-refractivity contribution is -0.117. The first kappa shape index (κ1) is 24.9. The molecular weight excluding hydrogens is 469 g/mol. The number of rotatable bonds is 7. The van der Waals surface area contributed by atoms with Crippen molar-refractivity contribution in [3.05, 3.63) is 58.4 Å². The van der Waals surface area contributed by atoms with Crippen LogP contribution in [0.4, 0.5) is 10.1 Å². The van der Waals surface area contributed by atoms with Crippen LogP contribution in [-0.2, 0) is 11.8 Å². The Hall–Kier alpha value is -3.18. The number of nitrogens with two attached hydrogens (primary N) is 1. The number of aromatic nitrogens is 2. The molecule has 35 heavy (non-hydrogen) atoms. The van der Waals surface area contributed by atoms with Crippen LogP contribution in [0.1, 0.15) is 25.7 Å². The van der Waals surface area contributed by atoms with Crippen LogP contribution in [0.25, 0.3) is 11.0 Å². The molecule has 2 aliphatic rings. The SMILES string of the molecule is C=C(/C=C1/NC(=O)CS/C1=N/N)CN[C@H]1CC[C@H](CNc2c(F)cnc3ccc(=O)n(C)c23)CC1. The van der Waals surface area contributed by atoms with E-state index in [4.69, 9.17) is 5.84 Å². The Balaban J connectivity index is 1.28. The van der Waals surface area contributed by atoms with Gasteiger partial charge in [-0.3, -0.25) is 14.6 Å². The summed E-state index contributed by atoms with van der Waals surface area (Å²) in [4.78, 5) is 27.8. The molecule has 5 N–H and O–H groups in total. The Morgan fingerprint density at radius 3 is 2.89 bits per heavy atom. The highest BCUT2D eigenvalue weighted by Crippen LogP contribution is 2.28. The number of halogens is 1. The Morgan fingerprint density at radius 2 is 2.14 bits per heavy atom. The smallest absolute Gasteiger partial charge is 0.250 e. The lowest BCUT2D eigenvalue weighted by Gasteiger charge is -2.30. The number of hydrogen-bond acceptors (Lipinski definition) is 8. The molecular formula is C24H30FN7O2S. The van der Waals surface area contributed by atoms with Gasteiger partial charge in [0.25, 0.3) is 5.56 Å². The summed E-state index contributed by atoms with van der Waals surface area (Å²) in [5.41, 5.74) is 2.61. The third-order valence-electron chi connectivity index (χ3n) is 6.43. The predicted molar refractivity (Wildman–Crippen MR) is 139 cm³/mol. The second kappa shape index (κ2) is 11.0. The van der Waals surface area contributed by atoms with E-state index in [1.807, 2.05) is 0 Å². The van der Waals surface area contributed by atoms with Gasteiger partial charge in [-0.15, -0.1) is 0 Å². The number of carbonyl (C=O) groups is 1. The van der Waals surface area contributed by atoms with E-state index in [-0.39, 0.29) is 11.5 Å². The van der Waals surface area contributed by atoms with Crippen LogP contribution in [0.2, 0.25) is 0 Å². The summed E-state index contributed by atoms with van der Waals surface area (Å²) >= 11 is 1.31. The van der Waals surface area contributed by atoms with E-state index in [0.717, 1.165) is 31.3 Å². The van der Waals surface area contributed by atoms with Crippen molar-refractivity contribution in [3.63, 3.8) is 0 Å². The first-order chi connectivity index (χ1) is 16.9. The number of pyridine rings is 2. The van der Waals surface area contributed by atoms with Gasteiger partial charge in [0.1, 0.15) is 5.04 Å². The molecule has 1 amide bonds. The minimum absolute atomic E-state index is 0.0804. The van der Waals surface area contributed by atoms with Gasteiger partial charge in [0.2, 0.25) is 5.91 Å². The second-order valence-electron chi connectivity index (χ2n) is 8.91. The second-order valence-corrected chi connectivity index (χ2v) is 9.88. The molecule has 0 atom stereocenters. The van der Waals surface area contributed by atoms with Crippen LogP contribution in [0.15, 0.2) is 52.2 Å². The van der Waals surface area contributed by atoms with E-state index in [0.29, 0.717) is 58.3 Å². The fourth-order valence-corrected chi connectivity index (χ4v) is 5.18. The van der Waals surface area contributed by atoms with Gasteiger partial charge in [-0.2, -0.15) is 5.10 Å². The van der Waals surface area contributed by atoms with Gasteiger partial charge < -0.3 is 26.4 Å². The molecule has 9 nitrogen and oxygen atoms in total. The molecule has 0 unspecified atom stereocenters. The number of fused-ring (bicyclic) bond motifs is 1. The van der Waals surface area contributed by atoms with Crippen molar-refractivity contribution >= 4 is 39.4 Å². The summed E-state index contributed by atoms with van der Waals surface area (Å²) < 4.78 is 16.0. The van der Waals surface area contributed by atoms with E-state index < -0.39 is 5.82 Å². The summed E-state index contributed by atoms with van der Waals surface area (Å²) in [5, 5.41) is 13.9. The Morgan fingerprint density at radius 1 is 1.37 bits per heavy atom. The van der Waals surface area contributed by atoms with Gasteiger partial charge in [0.15, 0.2) is 5.82 Å². The van der Waals surface area contributed by atoms with Gasteiger partial charge >= 0.3 is 0 Å². The van der Waals surface area contributed by atoms with Crippen molar-refractivity contribution in [1.82, 2.24) is 20.2 Å². The van der Waals surface area contributed by atoms with Crippen molar-refractivity contribution < 1.29 is 9.18 Å². The van der Waals surface area contributed by atoms with Crippen LogP contribution in [0.5, 0.6) is 0 Å². The third-order valence-corrected chi connectivity index (χ3v) is 7.43. The monoisotopic (exact) mass is 499 g/mol. The number of nitrogens with one attached hydrogen (secondary N) is 3. The molecule has 0 bridgehead atoms. The number of aryl methyl sites for hydroxylation is 1. The van der Waals surface area contributed by atoms with Crippen molar-refractivity contribution in [3.8, 4) is 0 Å². The number of nitrogens with zero attached hydrogens (tertiary/aromatic N) is 3. The van der Waals surface area contributed by atoms with Crippen molar-refractivity contribution in [1.29, 1.82) is 0 Å². The third kappa shape index (κ3) is 5.91. The standard InChI is InChI=1S/C24H30FN7O2S/c1-14(9-19-24(31-26)35-13-20(33)30-19)10-27-16-5-3-15(4-6-16)11-29-22-17(25)12-28-18-7-8-21(34)32(2)23(18)22/h7-9,12,15-16,27H,1,3-6,10-11,13,26H2,2H3,(H,28,29)(H,30,33)/b19-9+,31-24+/t15-,16-. The Labute approximate surface area is 207 Å². The van der Waals surface area contributed by atoms with Gasteiger partial charge in [-0.25, -0.2) is 4.39 Å². The first-order valence-corrected chi connectivity index (χ1v) is 12.6. The molecule has 1 aliphatic carbocycles. The lowest BCUT2D eigenvalue weighted by atomic mass is 9.86. The summed E-state index contributed by atoms with van der Waals surface area (Å²) in [5.74, 6) is 5.58. The topological polar surface area (TPSA) is 126 Å². The Kier molecular flexibility index (Phi) is 7.86. The Bertz CT molecular complexity index is 1250. The quantitative estimate of drug-likeness (QED) is 0.340. The highest BCUT2D eigenvalue weighted by Gasteiger charge is 2.23. The minimum Gasteiger partial charge on any atom is -0.381 e. The molecule has 1 aliphatic heterocycles. The fraction of sp³-hybridized carbons (Fsp3) is 0.417. The van der Waals surface area contributed by atoms with Crippen LogP contribution in [0.3, 0.4) is 0 Å². The van der Waals surface area contributed by atoms with Crippen LogP contribution >= 0.6 is 11.8 Å². The normalized spacial score (nSPS) is 23.0. The maximum atomic E-state index is 14.6. The summed E-state index contributed by atoms with van der Waals surface area (Å²) in [6.07, 6.45) is 6.99. The molecule has 4 rings (SSSR count). The number of carbonyl (C=O) groups excluding carboxylic acids is 1. The zero-order valence-corrected chi connectivity index (χ0v) is 20.5. The molecule has 0 radical (unpaired) electrons. The minimum atomic E-state index is -0.461. The summed E-state index contributed by atoms with van der Waals surface area (Å²) in [6, 6.07) is 3.41. The van der Waals surface area contributed by atoms with Crippen molar-refractivity contribution in [2.75, 3.05) is 24.2 Å². The number of hydrogen-bond donors (Lipinski definition) is 4. The average molecular weight is 500 g/mol. The molecule has 2 aromatic heterocycles. The highest BCUT2D eigenvalue weighted by molar-refractivity contribution is 8.15. The van der Waals surface area contributed by atoms with Crippen LogP contribution < -0.4 is 27.4 Å². The lowest BCUT2D eigenvalue weighted by Crippen LogP contribution is -2.36. The van der Waals surface area contributed by atoms with E-state index in [1.54, 1.807) is 19.2 Å². The maximum Gasteiger partial charge on any atom is 0.250 e. The largest absolute Gasteiger partial charge is 0.381 e. The van der Waals surface area contributed by atoms with Gasteiger partial charge in [0, 0.05) is 32.2 Å². The van der Waals surface area contributed by atoms with Crippen LogP contribution in [-0.4, -0.2) is 45.4 Å². The molecule has 1 saturated heterocycles. The van der Waals surface area contributed by atoms with Crippen molar-refractivity contribution in [2.24, 2.45) is 23.9 Å². The van der Waals surface area contributed by atoms with E-state index in [2.05, 4.69) is 32.6 Å². The van der Waals surface area contributed by atoms with Gasteiger partial charge in [0.05, 0.1) is 34.4 Å². The van der Waals surface area contributed by atoms with Gasteiger partial charge in [-0.1, -0.05) is 18.3 Å². The zero-order chi connectivity index (χ0) is 24.9. The number of amides is 1. The van der Waals surface area contributed by atoms with E-state index >= 15 is 0 Å². The highest BCUT2D eigenvalue weighted by atomic mass is 32.2. The predicted octanol–water partition coefficient (Wildman–Crippen LogP) is 2.21. The molecule has 2 fully saturated rings.